The molecule has 2 rings (SSSR count). The van der Waals surface area contributed by atoms with Crippen LogP contribution < -0.4 is 5.32 Å². The second-order valence-electron chi connectivity index (χ2n) is 5.78. The fourth-order valence-electron chi connectivity index (χ4n) is 2.93. The molecule has 4 heteroatoms. The molecule has 0 radical (unpaired) electrons. The van der Waals surface area contributed by atoms with Crippen LogP contribution in [-0.4, -0.2) is 29.3 Å². The van der Waals surface area contributed by atoms with Crippen molar-refractivity contribution in [3.8, 4) is 0 Å². The van der Waals surface area contributed by atoms with E-state index < -0.39 is 0 Å². The molecular weight excluding hydrogens is 264 g/mol. The Morgan fingerprint density at radius 3 is 2.43 bits per heavy atom. The van der Waals surface area contributed by atoms with Crippen LogP contribution in [0.5, 0.6) is 0 Å². The molecule has 1 aliphatic carbocycles. The van der Waals surface area contributed by atoms with E-state index in [2.05, 4.69) is 5.32 Å². The van der Waals surface area contributed by atoms with Crippen LogP contribution in [0.25, 0.3) is 0 Å². The maximum absolute atomic E-state index is 12.1. The van der Waals surface area contributed by atoms with Gasteiger partial charge in [0.25, 0.3) is 0 Å². The third-order valence-electron chi connectivity index (χ3n) is 4.19. The summed E-state index contributed by atoms with van der Waals surface area (Å²) in [6.07, 6.45) is 4.48. The average Bonchev–Trinajstić information content (AvgIpc) is 2.97. The summed E-state index contributed by atoms with van der Waals surface area (Å²) < 4.78 is 0. The highest BCUT2D eigenvalue weighted by molar-refractivity contribution is 5.84. The van der Waals surface area contributed by atoms with E-state index in [1.165, 1.54) is 19.8 Å². The molecular formula is C17H24N2O2. The van der Waals surface area contributed by atoms with Gasteiger partial charge in [0.15, 0.2) is 0 Å². The Kier molecular flexibility index (Phi) is 5.37. The Labute approximate surface area is 126 Å². The van der Waals surface area contributed by atoms with Gasteiger partial charge in [-0.25, -0.2) is 0 Å². The van der Waals surface area contributed by atoms with Crippen LogP contribution in [0.2, 0.25) is 0 Å². The summed E-state index contributed by atoms with van der Waals surface area (Å²) in [5.41, 5.74) is 1.04. The Bertz CT molecular complexity index is 481. The quantitative estimate of drug-likeness (QED) is 0.905. The molecule has 1 atom stereocenters. The fraction of sp³-hybridized carbons (Fsp3) is 0.529. The highest BCUT2D eigenvalue weighted by Crippen LogP contribution is 2.20. The molecule has 1 aliphatic rings. The summed E-state index contributed by atoms with van der Waals surface area (Å²) >= 11 is 0. The van der Waals surface area contributed by atoms with Gasteiger partial charge in [-0.05, 0) is 25.3 Å². The highest BCUT2D eigenvalue weighted by Gasteiger charge is 2.23. The Morgan fingerprint density at radius 2 is 1.86 bits per heavy atom. The third-order valence-corrected chi connectivity index (χ3v) is 4.19. The van der Waals surface area contributed by atoms with E-state index in [4.69, 9.17) is 0 Å². The number of hydrogen-bond acceptors (Lipinski definition) is 2. The van der Waals surface area contributed by atoms with Crippen molar-refractivity contribution in [1.29, 1.82) is 0 Å². The molecule has 1 N–H and O–H groups in total. The van der Waals surface area contributed by atoms with Crippen molar-refractivity contribution in [2.45, 2.75) is 51.6 Å². The number of amides is 2. The minimum atomic E-state index is -0.0990. The van der Waals surface area contributed by atoms with Gasteiger partial charge < -0.3 is 10.2 Å². The van der Waals surface area contributed by atoms with E-state index in [9.17, 15) is 9.59 Å². The normalized spacial score (nSPS) is 16.5. The lowest BCUT2D eigenvalue weighted by Gasteiger charge is -2.28. The molecule has 0 heterocycles. The van der Waals surface area contributed by atoms with Crippen molar-refractivity contribution in [3.63, 3.8) is 0 Å². The molecule has 2 amide bonds. The first-order valence-corrected chi connectivity index (χ1v) is 7.69. The van der Waals surface area contributed by atoms with E-state index in [0.29, 0.717) is 6.04 Å². The first-order chi connectivity index (χ1) is 10.1. The lowest BCUT2D eigenvalue weighted by molar-refractivity contribution is -0.136. The largest absolute Gasteiger partial charge is 0.352 e. The van der Waals surface area contributed by atoms with Crippen LogP contribution in [0.1, 0.15) is 51.1 Å². The van der Waals surface area contributed by atoms with Crippen molar-refractivity contribution in [2.75, 3.05) is 6.54 Å². The van der Waals surface area contributed by atoms with E-state index in [1.54, 1.807) is 4.90 Å². The van der Waals surface area contributed by atoms with Crippen LogP contribution in [0, 0.1) is 0 Å². The lowest BCUT2D eigenvalue weighted by Crippen LogP contribution is -2.43. The molecule has 1 saturated carbocycles. The molecule has 1 unspecified atom stereocenters. The molecule has 0 bridgehead atoms. The SMILES string of the molecule is CC(=O)N(CC(=O)NC1CCCC1)C(C)c1ccccc1. The highest BCUT2D eigenvalue weighted by atomic mass is 16.2. The van der Waals surface area contributed by atoms with Crippen molar-refractivity contribution < 1.29 is 9.59 Å². The first kappa shape index (κ1) is 15.5. The second-order valence-corrected chi connectivity index (χ2v) is 5.78. The number of nitrogens with one attached hydrogen (secondary N) is 1. The average molecular weight is 288 g/mol. The summed E-state index contributed by atoms with van der Waals surface area (Å²) in [6.45, 7) is 3.60. The zero-order valence-electron chi connectivity index (χ0n) is 12.8. The van der Waals surface area contributed by atoms with Crippen LogP contribution >= 0.6 is 0 Å². The van der Waals surface area contributed by atoms with E-state index in [0.717, 1.165) is 18.4 Å². The number of benzene rings is 1. The number of nitrogens with zero attached hydrogens (tertiary/aromatic N) is 1. The van der Waals surface area contributed by atoms with Gasteiger partial charge in [0.1, 0.15) is 6.54 Å². The minimum absolute atomic E-state index is 0.0557. The Morgan fingerprint density at radius 1 is 1.24 bits per heavy atom. The number of carbonyl (C=O) groups excluding carboxylic acids is 2. The summed E-state index contributed by atoms with van der Waals surface area (Å²) in [5.74, 6) is -0.132. The topological polar surface area (TPSA) is 49.4 Å². The van der Waals surface area contributed by atoms with Crippen molar-refractivity contribution in [1.82, 2.24) is 10.2 Å². The molecule has 0 aromatic heterocycles. The molecule has 4 nitrogen and oxygen atoms in total. The van der Waals surface area contributed by atoms with Crippen LogP contribution in [-0.2, 0) is 9.59 Å². The molecule has 0 aliphatic heterocycles. The van der Waals surface area contributed by atoms with Crippen molar-refractivity contribution >= 4 is 11.8 Å². The summed E-state index contributed by atoms with van der Waals surface area (Å²) in [4.78, 5) is 25.6. The van der Waals surface area contributed by atoms with Gasteiger partial charge in [0.05, 0.1) is 6.04 Å². The van der Waals surface area contributed by atoms with Gasteiger partial charge in [0, 0.05) is 13.0 Å². The predicted molar refractivity (Wildman–Crippen MR) is 82.6 cm³/mol. The van der Waals surface area contributed by atoms with Gasteiger partial charge in [0.2, 0.25) is 11.8 Å². The minimum Gasteiger partial charge on any atom is -0.352 e. The number of rotatable bonds is 5. The number of hydrogen-bond donors (Lipinski definition) is 1. The monoisotopic (exact) mass is 288 g/mol. The van der Waals surface area contributed by atoms with E-state index in [1.807, 2.05) is 37.3 Å². The standard InChI is InChI=1S/C17H24N2O2/c1-13(15-8-4-3-5-9-15)19(14(2)20)12-17(21)18-16-10-6-7-11-16/h3-5,8-9,13,16H,6-7,10-12H2,1-2H3,(H,18,21). The zero-order valence-corrected chi connectivity index (χ0v) is 12.8. The lowest BCUT2D eigenvalue weighted by atomic mass is 10.1. The maximum atomic E-state index is 12.1. The molecule has 114 valence electrons. The van der Waals surface area contributed by atoms with E-state index in [-0.39, 0.29) is 24.4 Å². The summed E-state index contributed by atoms with van der Waals surface area (Å²) in [6, 6.07) is 9.99. The molecule has 0 spiro atoms. The number of carbonyl (C=O) groups is 2. The van der Waals surface area contributed by atoms with Crippen LogP contribution in [0.4, 0.5) is 0 Å². The molecule has 21 heavy (non-hydrogen) atoms. The maximum Gasteiger partial charge on any atom is 0.239 e. The van der Waals surface area contributed by atoms with Crippen molar-refractivity contribution in [2.24, 2.45) is 0 Å². The summed E-state index contributed by atoms with van der Waals surface area (Å²) in [7, 11) is 0. The van der Waals surface area contributed by atoms with Crippen molar-refractivity contribution in [3.05, 3.63) is 35.9 Å². The fourth-order valence-corrected chi connectivity index (χ4v) is 2.93. The molecule has 0 saturated heterocycles. The van der Waals surface area contributed by atoms with Gasteiger partial charge in [-0.2, -0.15) is 0 Å². The summed E-state index contributed by atoms with van der Waals surface area (Å²) in [5, 5.41) is 3.04. The van der Waals surface area contributed by atoms with Crippen LogP contribution in [0.3, 0.4) is 0 Å². The molecule has 1 aromatic rings. The Balaban J connectivity index is 1.98. The van der Waals surface area contributed by atoms with Gasteiger partial charge in [-0.3, -0.25) is 9.59 Å². The van der Waals surface area contributed by atoms with Crippen LogP contribution in [0.15, 0.2) is 30.3 Å². The van der Waals surface area contributed by atoms with Gasteiger partial charge in [-0.1, -0.05) is 43.2 Å². The molecule has 1 aromatic carbocycles. The zero-order chi connectivity index (χ0) is 15.2. The van der Waals surface area contributed by atoms with Gasteiger partial charge in [-0.15, -0.1) is 0 Å². The van der Waals surface area contributed by atoms with Gasteiger partial charge >= 0.3 is 0 Å². The smallest absolute Gasteiger partial charge is 0.239 e. The first-order valence-electron chi connectivity index (χ1n) is 7.69. The third kappa shape index (κ3) is 4.31. The second kappa shape index (κ2) is 7.25. The van der Waals surface area contributed by atoms with E-state index >= 15 is 0 Å². The predicted octanol–water partition coefficient (Wildman–Crippen LogP) is 2.65. The molecule has 1 fully saturated rings. The Hall–Kier alpha value is -1.84.